The largest absolute Gasteiger partial charge is 0.525 e. The molecule has 0 spiro atoms. The second-order valence-electron chi connectivity index (χ2n) is 9.63. The number of halogens is 3. The minimum absolute atomic E-state index is 0.126. The van der Waals surface area contributed by atoms with Gasteiger partial charge < -0.3 is 0 Å². The molecular formula is C20H27F3O5S. The maximum absolute atomic E-state index is 12.5. The third-order valence-corrected chi connectivity index (χ3v) is 9.22. The van der Waals surface area contributed by atoms with Crippen molar-refractivity contribution < 1.29 is 35.6 Å². The number of alkyl halides is 3. The summed E-state index contributed by atoms with van der Waals surface area (Å²) in [5.74, 6) is 1.88. The molecular weight excluding hydrogens is 409 g/mol. The van der Waals surface area contributed by atoms with Crippen LogP contribution in [0, 0.1) is 34.5 Å². The van der Waals surface area contributed by atoms with Gasteiger partial charge in [0.15, 0.2) is 0 Å². The Hall–Kier alpha value is -0.930. The monoisotopic (exact) mass is 436 g/mol. The highest BCUT2D eigenvalue weighted by molar-refractivity contribution is 7.87. The highest BCUT2D eigenvalue weighted by atomic mass is 32.2. The number of Topliss-reactive ketones (excluding diaryl/α,β-unsaturated/α-hetero) is 1. The first-order chi connectivity index (χ1) is 13.4. The Morgan fingerprint density at radius 2 is 1.83 bits per heavy atom. The fraction of sp³-hybridized carbons (Fsp3) is 0.850. The van der Waals surface area contributed by atoms with Crippen molar-refractivity contribution in [1.29, 1.82) is 0 Å². The van der Waals surface area contributed by atoms with E-state index in [1.54, 1.807) is 6.08 Å². The van der Waals surface area contributed by atoms with Gasteiger partial charge in [0, 0.05) is 11.8 Å². The Morgan fingerprint density at radius 3 is 2.52 bits per heavy atom. The maximum atomic E-state index is 12.5. The fourth-order valence-corrected chi connectivity index (χ4v) is 7.04. The molecule has 4 aliphatic rings. The lowest BCUT2D eigenvalue weighted by Crippen LogP contribution is -2.52. The van der Waals surface area contributed by atoms with Crippen LogP contribution in [0.1, 0.15) is 58.8 Å². The minimum Gasteiger partial charge on any atom is -0.299 e. The molecule has 3 fully saturated rings. The van der Waals surface area contributed by atoms with Crippen LogP contribution in [0.4, 0.5) is 13.2 Å². The Kier molecular flexibility index (Phi) is 4.99. The summed E-state index contributed by atoms with van der Waals surface area (Å²) in [5.41, 5.74) is -5.84. The summed E-state index contributed by atoms with van der Waals surface area (Å²) in [4.78, 5) is 17.1. The normalized spacial score (nSPS) is 44.9. The summed E-state index contributed by atoms with van der Waals surface area (Å²) < 4.78 is 63.2. The highest BCUT2D eigenvalue weighted by Crippen LogP contribution is 2.64. The number of rotatable bonds is 3. The quantitative estimate of drug-likeness (QED) is 0.281. The van der Waals surface area contributed by atoms with Crippen LogP contribution in [0.15, 0.2) is 12.2 Å². The van der Waals surface area contributed by atoms with Crippen LogP contribution in [0.2, 0.25) is 0 Å². The molecule has 0 amide bonds. The van der Waals surface area contributed by atoms with Crippen LogP contribution in [0.5, 0.6) is 0 Å². The van der Waals surface area contributed by atoms with Crippen molar-refractivity contribution in [1.82, 2.24) is 0 Å². The molecule has 29 heavy (non-hydrogen) atoms. The zero-order valence-electron chi connectivity index (χ0n) is 16.6. The summed E-state index contributed by atoms with van der Waals surface area (Å²) in [5, 5.41) is 0. The van der Waals surface area contributed by atoms with Crippen molar-refractivity contribution in [3.05, 3.63) is 12.2 Å². The topological polar surface area (TPSA) is 69.7 Å². The number of carbonyl (C=O) groups excluding carboxylic acids is 1. The Morgan fingerprint density at radius 1 is 1.10 bits per heavy atom. The van der Waals surface area contributed by atoms with Gasteiger partial charge >= 0.3 is 15.6 Å². The van der Waals surface area contributed by atoms with Crippen molar-refractivity contribution in [2.75, 3.05) is 0 Å². The number of hydrogen-bond acceptors (Lipinski definition) is 5. The smallest absolute Gasteiger partial charge is 0.299 e. The third kappa shape index (κ3) is 3.28. The molecule has 0 heterocycles. The van der Waals surface area contributed by atoms with Crippen LogP contribution < -0.4 is 0 Å². The van der Waals surface area contributed by atoms with Gasteiger partial charge in [0.25, 0.3) is 0 Å². The van der Waals surface area contributed by atoms with Gasteiger partial charge in [-0.2, -0.15) is 21.6 Å². The Bertz CT molecular complexity index is 822. The first-order valence-corrected chi connectivity index (χ1v) is 11.7. The van der Waals surface area contributed by atoms with Crippen molar-refractivity contribution in [2.45, 2.75) is 70.4 Å². The molecule has 1 unspecified atom stereocenters. The van der Waals surface area contributed by atoms with Gasteiger partial charge in [0.05, 0.1) is 0 Å². The van der Waals surface area contributed by atoms with E-state index in [0.29, 0.717) is 36.4 Å². The molecule has 0 aromatic carbocycles. The number of ketones is 1. The first-order valence-electron chi connectivity index (χ1n) is 10.3. The molecule has 0 saturated heterocycles. The Labute approximate surface area is 169 Å². The minimum atomic E-state index is -5.77. The molecule has 5 nitrogen and oxygen atoms in total. The van der Waals surface area contributed by atoms with Gasteiger partial charge in [0.2, 0.25) is 0 Å². The van der Waals surface area contributed by atoms with E-state index in [1.807, 2.05) is 6.08 Å². The van der Waals surface area contributed by atoms with E-state index in [4.69, 9.17) is 0 Å². The molecule has 0 aromatic rings. The van der Waals surface area contributed by atoms with E-state index >= 15 is 0 Å². The van der Waals surface area contributed by atoms with Crippen LogP contribution >= 0.6 is 0 Å². The SMILES string of the molecule is C[C@]12C=C[C@H](OOS(=O)(=O)C(F)(F)F)CC1CC[C@@H]1[C@@H]2CC[C@]2(C)C(=O)CC[C@@H]12. The highest BCUT2D eigenvalue weighted by Gasteiger charge is 2.59. The van der Waals surface area contributed by atoms with Crippen molar-refractivity contribution in [2.24, 2.45) is 34.5 Å². The van der Waals surface area contributed by atoms with Gasteiger partial charge in [-0.3, -0.25) is 4.79 Å². The maximum Gasteiger partial charge on any atom is 0.525 e. The molecule has 0 aliphatic heterocycles. The zero-order valence-corrected chi connectivity index (χ0v) is 17.4. The van der Waals surface area contributed by atoms with E-state index in [-0.39, 0.29) is 16.7 Å². The van der Waals surface area contributed by atoms with Gasteiger partial charge in [0.1, 0.15) is 11.9 Å². The summed E-state index contributed by atoms with van der Waals surface area (Å²) in [6.45, 7) is 4.31. The van der Waals surface area contributed by atoms with Crippen molar-refractivity contribution in [3.63, 3.8) is 0 Å². The summed E-state index contributed by atoms with van der Waals surface area (Å²) in [7, 11) is -5.77. The van der Waals surface area contributed by atoms with E-state index < -0.39 is 21.7 Å². The first kappa shape index (κ1) is 21.3. The standard InChI is InChI=1S/C20H27F3O5S/c1-18-9-7-13(27-28-29(25,26)20(21,22)23)11-12(18)3-4-14-15-5-6-17(24)19(15,2)10-8-16(14)18/h7,9,12-16H,3-6,8,10-11H2,1-2H3/t12?,13-,14-,15-,16-,18-,19-/m0/s1. The van der Waals surface area contributed by atoms with Crippen LogP contribution in [0.25, 0.3) is 0 Å². The number of hydrogen-bond donors (Lipinski definition) is 0. The number of allylic oxidation sites excluding steroid dienone is 1. The van der Waals surface area contributed by atoms with E-state index in [0.717, 1.165) is 32.1 Å². The summed E-state index contributed by atoms with van der Waals surface area (Å²) in [6, 6.07) is 0. The van der Waals surface area contributed by atoms with Crippen LogP contribution in [-0.4, -0.2) is 25.8 Å². The van der Waals surface area contributed by atoms with Gasteiger partial charge in [-0.15, -0.1) is 0 Å². The molecule has 9 heteroatoms. The number of fused-ring (bicyclic) bond motifs is 5. The average molecular weight is 436 g/mol. The lowest BCUT2D eigenvalue weighted by molar-refractivity contribution is -0.246. The molecule has 7 atom stereocenters. The number of carbonyl (C=O) groups is 1. The Balaban J connectivity index is 1.49. The van der Waals surface area contributed by atoms with Crippen molar-refractivity contribution in [3.8, 4) is 0 Å². The van der Waals surface area contributed by atoms with E-state index in [1.165, 1.54) is 0 Å². The lowest BCUT2D eigenvalue weighted by atomic mass is 9.46. The molecule has 4 aliphatic carbocycles. The zero-order chi connectivity index (χ0) is 21.2. The second-order valence-corrected chi connectivity index (χ2v) is 11.1. The van der Waals surface area contributed by atoms with Crippen LogP contribution in [0.3, 0.4) is 0 Å². The second kappa shape index (κ2) is 6.79. The molecule has 0 N–H and O–H groups in total. The fourth-order valence-electron chi connectivity index (χ4n) is 6.76. The predicted molar refractivity (Wildman–Crippen MR) is 97.6 cm³/mol. The molecule has 3 saturated carbocycles. The van der Waals surface area contributed by atoms with Crippen molar-refractivity contribution >= 4 is 15.9 Å². The van der Waals surface area contributed by atoms with Crippen LogP contribution in [-0.2, 0) is 24.1 Å². The molecule has 0 aromatic heterocycles. The molecule has 0 radical (unpaired) electrons. The average Bonchev–Trinajstić information content (AvgIpc) is 2.94. The van der Waals surface area contributed by atoms with Gasteiger partial charge in [-0.1, -0.05) is 30.3 Å². The van der Waals surface area contributed by atoms with E-state index in [9.17, 15) is 26.4 Å². The van der Waals surface area contributed by atoms with E-state index in [2.05, 4.69) is 23.1 Å². The third-order valence-electron chi connectivity index (χ3n) is 8.40. The molecule has 0 bridgehead atoms. The van der Waals surface area contributed by atoms with Gasteiger partial charge in [-0.25, -0.2) is 4.89 Å². The molecule has 4 rings (SSSR count). The summed E-state index contributed by atoms with van der Waals surface area (Å²) >= 11 is 0. The lowest BCUT2D eigenvalue weighted by Gasteiger charge is -2.58. The van der Waals surface area contributed by atoms with Gasteiger partial charge in [-0.05, 0) is 67.6 Å². The summed E-state index contributed by atoms with van der Waals surface area (Å²) in [6.07, 6.45) is 8.57. The predicted octanol–water partition coefficient (Wildman–Crippen LogP) is 4.54. The molecule has 164 valence electrons.